The molecular formula is C21H19BrClNO3. The molecule has 1 saturated heterocycles. The van der Waals surface area contributed by atoms with E-state index in [-0.39, 0.29) is 11.3 Å². The fraction of sp³-hybridized carbons (Fsp3) is 0.238. The van der Waals surface area contributed by atoms with Crippen molar-refractivity contribution in [1.29, 1.82) is 0 Å². The number of hydrogen-bond acceptors (Lipinski definition) is 3. The number of halogens is 2. The van der Waals surface area contributed by atoms with Crippen molar-refractivity contribution in [3.8, 4) is 0 Å². The minimum absolute atomic E-state index is 0.112. The van der Waals surface area contributed by atoms with Crippen LogP contribution in [0.4, 0.5) is 0 Å². The van der Waals surface area contributed by atoms with E-state index in [4.69, 9.17) is 11.6 Å². The van der Waals surface area contributed by atoms with Gasteiger partial charge in [-0.05, 0) is 48.4 Å². The zero-order valence-corrected chi connectivity index (χ0v) is 17.1. The predicted molar refractivity (Wildman–Crippen MR) is 110 cm³/mol. The van der Waals surface area contributed by atoms with Gasteiger partial charge in [0.05, 0.1) is 11.6 Å². The second-order valence-electron chi connectivity index (χ2n) is 6.40. The molecule has 0 bridgehead atoms. The molecule has 4 nitrogen and oxygen atoms in total. The quantitative estimate of drug-likeness (QED) is 0.382. The molecule has 1 aliphatic rings. The second-order valence-corrected chi connectivity index (χ2v) is 7.76. The number of rotatable bonds is 5. The van der Waals surface area contributed by atoms with Crippen LogP contribution >= 0.6 is 27.5 Å². The van der Waals surface area contributed by atoms with Crippen LogP contribution in [0.2, 0.25) is 5.02 Å². The first-order chi connectivity index (χ1) is 12.9. The maximum Gasteiger partial charge on any atom is 0.295 e. The number of carbonyl (C=O) groups excluding carboxylic acids is 2. The van der Waals surface area contributed by atoms with E-state index in [1.54, 1.807) is 29.2 Å². The van der Waals surface area contributed by atoms with Crippen LogP contribution in [0.5, 0.6) is 0 Å². The molecule has 2 aromatic carbocycles. The van der Waals surface area contributed by atoms with Gasteiger partial charge in [0.15, 0.2) is 0 Å². The van der Waals surface area contributed by atoms with Crippen molar-refractivity contribution < 1.29 is 14.7 Å². The first-order valence-electron chi connectivity index (χ1n) is 8.74. The Balaban J connectivity index is 2.14. The third-order valence-electron chi connectivity index (χ3n) is 4.60. The summed E-state index contributed by atoms with van der Waals surface area (Å²) in [5.74, 6) is -1.42. The van der Waals surface area contributed by atoms with Crippen LogP contribution in [-0.2, 0) is 9.59 Å². The molecule has 140 valence electrons. The Morgan fingerprint density at radius 3 is 2.33 bits per heavy atom. The highest BCUT2D eigenvalue weighted by Gasteiger charge is 2.45. The molecule has 0 radical (unpaired) electrons. The molecule has 0 aliphatic carbocycles. The van der Waals surface area contributed by atoms with Crippen LogP contribution in [0.15, 0.2) is 58.6 Å². The van der Waals surface area contributed by atoms with E-state index in [0.29, 0.717) is 17.1 Å². The molecule has 0 saturated carbocycles. The van der Waals surface area contributed by atoms with Gasteiger partial charge < -0.3 is 10.0 Å². The van der Waals surface area contributed by atoms with Crippen LogP contribution in [0.3, 0.4) is 0 Å². The molecule has 0 aromatic heterocycles. The van der Waals surface area contributed by atoms with Crippen molar-refractivity contribution in [2.24, 2.45) is 0 Å². The topological polar surface area (TPSA) is 57.6 Å². The lowest BCUT2D eigenvalue weighted by molar-refractivity contribution is -0.139. The molecule has 1 fully saturated rings. The SMILES string of the molecule is CCCCN1C(=O)C(=O)C(=C(O)c2ccc(Cl)cc2)[C@H]1c1ccc(Br)cc1. The summed E-state index contributed by atoms with van der Waals surface area (Å²) in [7, 11) is 0. The van der Waals surface area contributed by atoms with Crippen LogP contribution in [-0.4, -0.2) is 28.2 Å². The van der Waals surface area contributed by atoms with E-state index in [0.717, 1.165) is 22.9 Å². The third-order valence-corrected chi connectivity index (χ3v) is 5.38. The summed E-state index contributed by atoms with van der Waals surface area (Å²) < 4.78 is 0.898. The zero-order chi connectivity index (χ0) is 19.6. The average Bonchev–Trinajstić information content (AvgIpc) is 2.91. The molecular weight excluding hydrogens is 430 g/mol. The number of ketones is 1. The maximum absolute atomic E-state index is 12.8. The number of amides is 1. The summed E-state index contributed by atoms with van der Waals surface area (Å²) in [5, 5.41) is 11.4. The molecule has 1 aliphatic heterocycles. The summed E-state index contributed by atoms with van der Waals surface area (Å²) in [5.41, 5.74) is 1.35. The Labute approximate surface area is 171 Å². The number of benzene rings is 2. The van der Waals surface area contributed by atoms with Crippen molar-refractivity contribution in [2.75, 3.05) is 6.54 Å². The summed E-state index contributed by atoms with van der Waals surface area (Å²) in [6, 6.07) is 13.4. The van der Waals surface area contributed by atoms with Gasteiger partial charge in [-0.15, -0.1) is 0 Å². The Morgan fingerprint density at radius 1 is 1.11 bits per heavy atom. The van der Waals surface area contributed by atoms with Gasteiger partial charge in [-0.25, -0.2) is 0 Å². The number of likely N-dealkylation sites (tertiary alicyclic amines) is 1. The Morgan fingerprint density at radius 2 is 1.74 bits per heavy atom. The van der Waals surface area contributed by atoms with Crippen molar-refractivity contribution in [2.45, 2.75) is 25.8 Å². The number of carbonyl (C=O) groups is 2. The highest BCUT2D eigenvalue weighted by atomic mass is 79.9. The summed E-state index contributed by atoms with van der Waals surface area (Å²) in [6.45, 7) is 2.48. The van der Waals surface area contributed by atoms with Crippen molar-refractivity contribution in [3.63, 3.8) is 0 Å². The van der Waals surface area contributed by atoms with E-state index in [2.05, 4.69) is 15.9 Å². The molecule has 3 rings (SSSR count). The molecule has 1 N–H and O–H groups in total. The van der Waals surface area contributed by atoms with Gasteiger partial charge in [0.1, 0.15) is 5.76 Å². The van der Waals surface area contributed by atoms with Crippen LogP contribution in [0, 0.1) is 0 Å². The molecule has 1 atom stereocenters. The molecule has 0 spiro atoms. The van der Waals surface area contributed by atoms with E-state index in [9.17, 15) is 14.7 Å². The predicted octanol–water partition coefficient (Wildman–Crippen LogP) is 5.32. The van der Waals surface area contributed by atoms with Gasteiger partial charge >= 0.3 is 0 Å². The fourth-order valence-electron chi connectivity index (χ4n) is 3.19. The van der Waals surface area contributed by atoms with Crippen LogP contribution in [0.25, 0.3) is 5.76 Å². The summed E-state index contributed by atoms with van der Waals surface area (Å²) in [6.07, 6.45) is 1.67. The monoisotopic (exact) mass is 447 g/mol. The van der Waals surface area contributed by atoms with E-state index in [1.165, 1.54) is 0 Å². The van der Waals surface area contributed by atoms with Gasteiger partial charge in [0.2, 0.25) is 0 Å². The number of unbranched alkanes of at least 4 members (excludes halogenated alkanes) is 1. The summed E-state index contributed by atoms with van der Waals surface area (Å²) >= 11 is 9.32. The normalized spacial score (nSPS) is 18.9. The van der Waals surface area contributed by atoms with Gasteiger partial charge in [0, 0.05) is 21.6 Å². The minimum Gasteiger partial charge on any atom is -0.507 e. The van der Waals surface area contributed by atoms with Crippen molar-refractivity contribution in [3.05, 3.63) is 74.7 Å². The number of nitrogens with zero attached hydrogens (tertiary/aromatic N) is 1. The van der Waals surface area contributed by atoms with E-state index in [1.807, 2.05) is 31.2 Å². The standard InChI is InChI=1S/C21H19BrClNO3/c1-2-3-12-24-18(13-4-8-15(22)9-5-13)17(20(26)21(24)27)19(25)14-6-10-16(23)11-7-14/h4-11,18,25H,2-3,12H2,1H3/t18-/m1/s1. The fourth-order valence-corrected chi connectivity index (χ4v) is 3.58. The Kier molecular flexibility index (Phi) is 6.02. The minimum atomic E-state index is -0.661. The lowest BCUT2D eigenvalue weighted by Gasteiger charge is -2.25. The lowest BCUT2D eigenvalue weighted by Crippen LogP contribution is -2.30. The molecule has 27 heavy (non-hydrogen) atoms. The Hall–Kier alpha value is -2.11. The number of aliphatic hydroxyl groups excluding tert-OH is 1. The van der Waals surface area contributed by atoms with Crippen molar-refractivity contribution in [1.82, 2.24) is 4.90 Å². The largest absolute Gasteiger partial charge is 0.507 e. The average molecular weight is 449 g/mol. The van der Waals surface area contributed by atoms with Gasteiger partial charge in [0.25, 0.3) is 11.7 Å². The highest BCUT2D eigenvalue weighted by molar-refractivity contribution is 9.10. The smallest absolute Gasteiger partial charge is 0.295 e. The number of hydrogen-bond donors (Lipinski definition) is 1. The molecule has 1 amide bonds. The number of aliphatic hydroxyl groups is 1. The van der Waals surface area contributed by atoms with Gasteiger partial charge in [-0.2, -0.15) is 0 Å². The summed E-state index contributed by atoms with van der Waals surface area (Å²) in [4.78, 5) is 27.0. The van der Waals surface area contributed by atoms with Crippen LogP contribution < -0.4 is 0 Å². The van der Waals surface area contributed by atoms with Gasteiger partial charge in [-0.3, -0.25) is 9.59 Å². The molecule has 2 aromatic rings. The van der Waals surface area contributed by atoms with Crippen molar-refractivity contribution >= 4 is 45.0 Å². The van der Waals surface area contributed by atoms with E-state index >= 15 is 0 Å². The first kappa shape index (κ1) is 19.6. The molecule has 6 heteroatoms. The van der Waals surface area contributed by atoms with Crippen LogP contribution in [0.1, 0.15) is 36.9 Å². The maximum atomic E-state index is 12.8. The zero-order valence-electron chi connectivity index (χ0n) is 14.8. The van der Waals surface area contributed by atoms with E-state index < -0.39 is 17.7 Å². The first-order valence-corrected chi connectivity index (χ1v) is 9.91. The number of Topliss-reactive ketones (excluding diaryl/α,β-unsaturated/α-hetero) is 1. The molecule has 1 heterocycles. The highest BCUT2D eigenvalue weighted by Crippen LogP contribution is 2.39. The third kappa shape index (κ3) is 3.94. The second kappa shape index (κ2) is 8.28. The lowest BCUT2D eigenvalue weighted by atomic mass is 9.95. The molecule has 0 unspecified atom stereocenters. The van der Waals surface area contributed by atoms with Gasteiger partial charge in [-0.1, -0.05) is 53.0 Å². The Bertz CT molecular complexity index is 891.